The highest BCUT2D eigenvalue weighted by molar-refractivity contribution is 5.98. The van der Waals surface area contributed by atoms with Gasteiger partial charge in [-0.15, -0.1) is 0 Å². The minimum Gasteiger partial charge on any atom is -0.508 e. The quantitative estimate of drug-likeness (QED) is 0.677. The maximum atomic E-state index is 11.8. The van der Waals surface area contributed by atoms with Crippen LogP contribution in [0.15, 0.2) is 48.5 Å². The number of hydrogen-bond donors (Lipinski definition) is 1. The van der Waals surface area contributed by atoms with E-state index in [0.29, 0.717) is 5.56 Å². The SMILES string of the molecule is Cc1ccc(C(=O)COC(=O)Cc2ccc(O)cc2)cc1. The topological polar surface area (TPSA) is 63.6 Å². The van der Waals surface area contributed by atoms with Crippen LogP contribution < -0.4 is 0 Å². The Morgan fingerprint density at radius 3 is 2.24 bits per heavy atom. The molecule has 2 aromatic carbocycles. The molecule has 0 aliphatic heterocycles. The lowest BCUT2D eigenvalue weighted by Gasteiger charge is -2.05. The Balaban J connectivity index is 1.84. The first-order valence-electron chi connectivity index (χ1n) is 6.58. The van der Waals surface area contributed by atoms with E-state index < -0.39 is 5.97 Å². The average Bonchev–Trinajstić information content (AvgIpc) is 2.48. The van der Waals surface area contributed by atoms with Crippen LogP contribution in [0.1, 0.15) is 21.5 Å². The van der Waals surface area contributed by atoms with Gasteiger partial charge >= 0.3 is 5.97 Å². The number of phenolic OH excluding ortho intramolecular Hbond substituents is 1. The summed E-state index contributed by atoms with van der Waals surface area (Å²) in [7, 11) is 0. The van der Waals surface area contributed by atoms with Gasteiger partial charge in [0, 0.05) is 5.56 Å². The smallest absolute Gasteiger partial charge is 0.310 e. The fourth-order valence-corrected chi connectivity index (χ4v) is 1.80. The van der Waals surface area contributed by atoms with Gasteiger partial charge in [0.05, 0.1) is 6.42 Å². The van der Waals surface area contributed by atoms with Gasteiger partial charge in [-0.1, -0.05) is 42.0 Å². The van der Waals surface area contributed by atoms with Crippen molar-refractivity contribution >= 4 is 11.8 Å². The van der Waals surface area contributed by atoms with Crippen LogP contribution in [0.5, 0.6) is 5.75 Å². The number of aryl methyl sites for hydroxylation is 1. The van der Waals surface area contributed by atoms with Crippen molar-refractivity contribution in [3.63, 3.8) is 0 Å². The summed E-state index contributed by atoms with van der Waals surface area (Å²) in [6.07, 6.45) is 0.0709. The monoisotopic (exact) mass is 284 g/mol. The number of benzene rings is 2. The summed E-state index contributed by atoms with van der Waals surface area (Å²) in [5.41, 5.74) is 2.31. The molecule has 0 spiro atoms. The first-order chi connectivity index (χ1) is 10.0. The number of Topliss-reactive ketones (excluding diaryl/α,β-unsaturated/α-hetero) is 1. The number of esters is 1. The minimum atomic E-state index is -0.471. The van der Waals surface area contributed by atoms with E-state index in [1.54, 1.807) is 24.3 Å². The molecule has 4 nitrogen and oxygen atoms in total. The van der Waals surface area contributed by atoms with Crippen LogP contribution in [-0.2, 0) is 16.0 Å². The van der Waals surface area contributed by atoms with Crippen molar-refractivity contribution in [2.75, 3.05) is 6.61 Å². The highest BCUT2D eigenvalue weighted by Crippen LogP contribution is 2.10. The van der Waals surface area contributed by atoms with Gasteiger partial charge in [0.1, 0.15) is 5.75 Å². The lowest BCUT2D eigenvalue weighted by molar-refractivity contribution is -0.141. The molecule has 0 unspecified atom stereocenters. The Bertz CT molecular complexity index is 627. The van der Waals surface area contributed by atoms with Crippen LogP contribution in [0, 0.1) is 6.92 Å². The van der Waals surface area contributed by atoms with Crippen molar-refractivity contribution in [1.29, 1.82) is 0 Å². The van der Waals surface area contributed by atoms with E-state index >= 15 is 0 Å². The molecule has 0 atom stereocenters. The van der Waals surface area contributed by atoms with Crippen molar-refractivity contribution in [2.45, 2.75) is 13.3 Å². The van der Waals surface area contributed by atoms with Crippen molar-refractivity contribution < 1.29 is 19.4 Å². The molecule has 0 bridgehead atoms. The van der Waals surface area contributed by atoms with Crippen molar-refractivity contribution in [3.05, 3.63) is 65.2 Å². The summed E-state index contributed by atoms with van der Waals surface area (Å²) in [6, 6.07) is 13.4. The Hall–Kier alpha value is -2.62. The van der Waals surface area contributed by atoms with Crippen molar-refractivity contribution in [2.24, 2.45) is 0 Å². The molecule has 0 aliphatic carbocycles. The standard InChI is InChI=1S/C17H16O4/c1-12-2-6-14(7-3-12)16(19)11-21-17(20)10-13-4-8-15(18)9-5-13/h2-9,18H,10-11H2,1H3. The molecule has 108 valence electrons. The molecule has 1 N–H and O–H groups in total. The van der Waals surface area contributed by atoms with Crippen LogP contribution in [0.25, 0.3) is 0 Å². The predicted octanol–water partition coefficient (Wildman–Crippen LogP) is 2.67. The molecule has 0 saturated heterocycles. The maximum absolute atomic E-state index is 11.8. The van der Waals surface area contributed by atoms with Gasteiger partial charge in [0.15, 0.2) is 12.4 Å². The zero-order valence-corrected chi connectivity index (χ0v) is 11.7. The number of ketones is 1. The molecular weight excluding hydrogens is 268 g/mol. The zero-order valence-electron chi connectivity index (χ0n) is 11.7. The molecule has 2 aromatic rings. The molecule has 0 amide bonds. The van der Waals surface area contributed by atoms with E-state index in [9.17, 15) is 9.59 Å². The van der Waals surface area contributed by atoms with Crippen LogP contribution in [0.2, 0.25) is 0 Å². The molecule has 0 radical (unpaired) electrons. The number of hydrogen-bond acceptors (Lipinski definition) is 4. The van der Waals surface area contributed by atoms with Gasteiger partial charge in [-0.3, -0.25) is 9.59 Å². The second-order valence-electron chi connectivity index (χ2n) is 4.79. The summed E-state index contributed by atoms with van der Waals surface area (Å²) in [5, 5.41) is 9.15. The van der Waals surface area contributed by atoms with Crippen molar-refractivity contribution in [3.8, 4) is 5.75 Å². The van der Waals surface area contributed by atoms with Gasteiger partial charge in [0.2, 0.25) is 0 Å². The van der Waals surface area contributed by atoms with E-state index in [-0.39, 0.29) is 24.6 Å². The van der Waals surface area contributed by atoms with Gasteiger partial charge in [0.25, 0.3) is 0 Å². The van der Waals surface area contributed by atoms with Crippen LogP contribution in [-0.4, -0.2) is 23.5 Å². The van der Waals surface area contributed by atoms with Gasteiger partial charge in [-0.25, -0.2) is 0 Å². The molecule has 4 heteroatoms. The number of aromatic hydroxyl groups is 1. The lowest BCUT2D eigenvalue weighted by Crippen LogP contribution is -2.15. The summed E-state index contributed by atoms with van der Waals surface area (Å²) < 4.78 is 4.97. The van der Waals surface area contributed by atoms with E-state index in [0.717, 1.165) is 11.1 Å². The number of carbonyl (C=O) groups excluding carboxylic acids is 2. The molecule has 0 heterocycles. The number of phenols is 1. The number of ether oxygens (including phenoxy) is 1. The van der Waals surface area contributed by atoms with Crippen LogP contribution in [0.4, 0.5) is 0 Å². The van der Waals surface area contributed by atoms with E-state index in [4.69, 9.17) is 9.84 Å². The summed E-state index contributed by atoms with van der Waals surface area (Å²) in [6.45, 7) is 1.67. The first-order valence-corrected chi connectivity index (χ1v) is 6.58. The highest BCUT2D eigenvalue weighted by Gasteiger charge is 2.10. The first kappa shape index (κ1) is 14.8. The number of rotatable bonds is 5. The normalized spacial score (nSPS) is 10.1. The molecule has 0 aliphatic rings. The largest absolute Gasteiger partial charge is 0.508 e. The summed E-state index contributed by atoms with van der Waals surface area (Å²) >= 11 is 0. The van der Waals surface area contributed by atoms with E-state index in [1.165, 1.54) is 12.1 Å². The van der Waals surface area contributed by atoms with Gasteiger partial charge < -0.3 is 9.84 Å². The maximum Gasteiger partial charge on any atom is 0.310 e. The molecule has 0 fully saturated rings. The Kier molecular flexibility index (Phi) is 4.72. The fourth-order valence-electron chi connectivity index (χ4n) is 1.80. The Morgan fingerprint density at radius 1 is 1.00 bits per heavy atom. The fraction of sp³-hybridized carbons (Fsp3) is 0.176. The average molecular weight is 284 g/mol. The number of carbonyl (C=O) groups is 2. The van der Waals surface area contributed by atoms with Gasteiger partial charge in [-0.05, 0) is 24.6 Å². The third-order valence-electron chi connectivity index (χ3n) is 3.02. The molecule has 21 heavy (non-hydrogen) atoms. The predicted molar refractivity (Wildman–Crippen MR) is 78.3 cm³/mol. The highest BCUT2D eigenvalue weighted by atomic mass is 16.5. The lowest BCUT2D eigenvalue weighted by atomic mass is 10.1. The minimum absolute atomic E-state index is 0.0709. The molecular formula is C17H16O4. The Morgan fingerprint density at radius 2 is 1.62 bits per heavy atom. The molecule has 0 saturated carbocycles. The Labute approximate surface area is 123 Å². The second-order valence-corrected chi connectivity index (χ2v) is 4.79. The van der Waals surface area contributed by atoms with E-state index in [2.05, 4.69) is 0 Å². The van der Waals surface area contributed by atoms with Crippen molar-refractivity contribution in [1.82, 2.24) is 0 Å². The van der Waals surface area contributed by atoms with Gasteiger partial charge in [-0.2, -0.15) is 0 Å². The zero-order chi connectivity index (χ0) is 15.2. The third-order valence-corrected chi connectivity index (χ3v) is 3.02. The molecule has 2 rings (SSSR count). The molecule has 0 aromatic heterocycles. The van der Waals surface area contributed by atoms with E-state index in [1.807, 2.05) is 19.1 Å². The van der Waals surface area contributed by atoms with Crippen LogP contribution >= 0.6 is 0 Å². The summed E-state index contributed by atoms with van der Waals surface area (Å²) in [5.74, 6) is -0.558. The second kappa shape index (κ2) is 6.70. The summed E-state index contributed by atoms with van der Waals surface area (Å²) in [4.78, 5) is 23.5. The van der Waals surface area contributed by atoms with Crippen LogP contribution in [0.3, 0.4) is 0 Å². The third kappa shape index (κ3) is 4.45.